The van der Waals surface area contributed by atoms with Gasteiger partial charge in [0.05, 0.1) is 12.2 Å². The lowest BCUT2D eigenvalue weighted by Gasteiger charge is -2.49. The lowest BCUT2D eigenvalue weighted by atomic mass is 9.55. The number of rotatable bonds is 0. The lowest BCUT2D eigenvalue weighted by Crippen LogP contribution is -2.44. The maximum Gasteiger partial charge on any atom is 0.115 e. The fourth-order valence-electron chi connectivity index (χ4n) is 5.56. The first-order valence-corrected chi connectivity index (χ1v) is 8.18. The summed E-state index contributed by atoms with van der Waals surface area (Å²) in [6.45, 7) is 2.17. The van der Waals surface area contributed by atoms with Crippen molar-refractivity contribution in [2.24, 2.45) is 17.3 Å². The maximum absolute atomic E-state index is 10.4. The summed E-state index contributed by atoms with van der Waals surface area (Å²) in [6.07, 6.45) is 3.80. The van der Waals surface area contributed by atoms with Crippen molar-refractivity contribution >= 4 is 0 Å². The van der Waals surface area contributed by atoms with Crippen LogP contribution in [0, 0.1) is 17.3 Å². The van der Waals surface area contributed by atoms with Gasteiger partial charge < -0.3 is 15.3 Å². The largest absolute Gasteiger partial charge is 0.508 e. The van der Waals surface area contributed by atoms with Crippen molar-refractivity contribution in [2.45, 2.75) is 57.2 Å². The van der Waals surface area contributed by atoms with E-state index in [1.54, 1.807) is 6.07 Å². The van der Waals surface area contributed by atoms with Crippen LogP contribution in [-0.4, -0.2) is 27.5 Å². The van der Waals surface area contributed by atoms with Crippen molar-refractivity contribution in [1.29, 1.82) is 0 Å². The van der Waals surface area contributed by atoms with Gasteiger partial charge in [0.25, 0.3) is 0 Å². The van der Waals surface area contributed by atoms with Gasteiger partial charge in [0.1, 0.15) is 5.75 Å². The van der Waals surface area contributed by atoms with Crippen molar-refractivity contribution < 1.29 is 15.3 Å². The number of aryl methyl sites for hydroxylation is 1. The summed E-state index contributed by atoms with van der Waals surface area (Å²) in [4.78, 5) is 0. The zero-order valence-electron chi connectivity index (χ0n) is 12.5. The van der Waals surface area contributed by atoms with Crippen LogP contribution in [0.4, 0.5) is 0 Å². The van der Waals surface area contributed by atoms with Crippen molar-refractivity contribution in [2.75, 3.05) is 0 Å². The summed E-state index contributed by atoms with van der Waals surface area (Å²) in [5.41, 5.74) is 2.57. The third-order valence-corrected chi connectivity index (χ3v) is 6.68. The Labute approximate surface area is 125 Å². The molecule has 2 fully saturated rings. The highest BCUT2D eigenvalue weighted by Gasteiger charge is 2.57. The van der Waals surface area contributed by atoms with Crippen LogP contribution in [0.5, 0.6) is 5.75 Å². The van der Waals surface area contributed by atoms with E-state index < -0.39 is 12.2 Å². The number of phenols is 1. The predicted molar refractivity (Wildman–Crippen MR) is 80.1 cm³/mol. The molecule has 0 heterocycles. The monoisotopic (exact) mass is 288 g/mol. The molecule has 3 heteroatoms. The molecule has 1 aromatic carbocycles. The van der Waals surface area contributed by atoms with Gasteiger partial charge in [0.15, 0.2) is 0 Å². The molecule has 3 aliphatic carbocycles. The first-order chi connectivity index (χ1) is 10.0. The van der Waals surface area contributed by atoms with Gasteiger partial charge in [0, 0.05) is 0 Å². The Morgan fingerprint density at radius 3 is 2.81 bits per heavy atom. The van der Waals surface area contributed by atoms with Crippen LogP contribution in [0.25, 0.3) is 0 Å². The summed E-state index contributed by atoms with van der Waals surface area (Å²) in [5.74, 6) is 1.88. The smallest absolute Gasteiger partial charge is 0.115 e. The van der Waals surface area contributed by atoms with Crippen LogP contribution in [0.3, 0.4) is 0 Å². The number of aromatic hydroxyl groups is 1. The van der Waals surface area contributed by atoms with Crippen molar-refractivity contribution in [1.82, 2.24) is 0 Å². The molecule has 6 atom stereocenters. The van der Waals surface area contributed by atoms with E-state index in [2.05, 4.69) is 13.0 Å². The van der Waals surface area contributed by atoms with Gasteiger partial charge >= 0.3 is 0 Å². The van der Waals surface area contributed by atoms with E-state index in [4.69, 9.17) is 0 Å². The number of benzene rings is 1. The number of hydrogen-bond acceptors (Lipinski definition) is 3. The average Bonchev–Trinajstić information content (AvgIpc) is 2.70. The quantitative estimate of drug-likeness (QED) is 0.687. The van der Waals surface area contributed by atoms with Gasteiger partial charge in [-0.15, -0.1) is 0 Å². The zero-order valence-corrected chi connectivity index (χ0v) is 12.5. The summed E-state index contributed by atoms with van der Waals surface area (Å²) < 4.78 is 0. The van der Waals surface area contributed by atoms with Gasteiger partial charge in [-0.05, 0) is 78.5 Å². The Morgan fingerprint density at radius 2 is 2.00 bits per heavy atom. The van der Waals surface area contributed by atoms with Gasteiger partial charge in [0.2, 0.25) is 0 Å². The van der Waals surface area contributed by atoms with E-state index >= 15 is 0 Å². The van der Waals surface area contributed by atoms with Crippen LogP contribution in [0.15, 0.2) is 18.2 Å². The summed E-state index contributed by atoms with van der Waals surface area (Å²) in [5, 5.41) is 30.2. The molecule has 21 heavy (non-hydrogen) atoms. The Balaban J connectivity index is 1.71. The van der Waals surface area contributed by atoms with E-state index in [9.17, 15) is 15.3 Å². The standard InChI is InChI=1S/C18H24O3/c1-18-7-6-13-12-5-3-11(19)8-10(12)2-4-14(13)15(18)9-16(20)17(18)21/h3,5,8,13-17,19-21H,2,4,6-7,9H2,1H3/t13-,14+,15+,16-,17-,18-/m1/s1. The molecule has 114 valence electrons. The molecule has 0 aliphatic heterocycles. The topological polar surface area (TPSA) is 60.7 Å². The molecule has 0 spiro atoms. The fraction of sp³-hybridized carbons (Fsp3) is 0.667. The lowest BCUT2D eigenvalue weighted by molar-refractivity contribution is -0.0505. The maximum atomic E-state index is 10.4. The molecule has 0 amide bonds. The summed E-state index contributed by atoms with van der Waals surface area (Å²) >= 11 is 0. The second kappa shape index (κ2) is 4.47. The number of fused-ring (bicyclic) bond motifs is 5. The highest BCUT2D eigenvalue weighted by molar-refractivity contribution is 5.40. The van der Waals surface area contributed by atoms with E-state index in [0.717, 1.165) is 32.1 Å². The predicted octanol–water partition coefficient (Wildman–Crippen LogP) is 2.58. The third kappa shape index (κ3) is 1.80. The molecule has 0 radical (unpaired) electrons. The molecule has 0 unspecified atom stereocenters. The van der Waals surface area contributed by atoms with E-state index in [0.29, 0.717) is 23.5 Å². The fourth-order valence-corrected chi connectivity index (χ4v) is 5.56. The van der Waals surface area contributed by atoms with Gasteiger partial charge in [-0.2, -0.15) is 0 Å². The SMILES string of the molecule is C[C@@]12CC[C@@H]3c4ccc(O)cc4CC[C@@H]3[C@@H]1C[C@@H](O)[C@H]2O. The van der Waals surface area contributed by atoms with Gasteiger partial charge in [-0.25, -0.2) is 0 Å². The molecule has 4 rings (SSSR count). The Hall–Kier alpha value is -1.06. The normalized spacial score (nSPS) is 44.8. The molecule has 3 N–H and O–H groups in total. The first kappa shape index (κ1) is 13.6. The molecule has 0 saturated heterocycles. The molecule has 3 nitrogen and oxygen atoms in total. The molecule has 2 saturated carbocycles. The Kier molecular flexibility index (Phi) is 2.89. The van der Waals surface area contributed by atoms with E-state index in [-0.39, 0.29) is 5.41 Å². The minimum atomic E-state index is -0.565. The van der Waals surface area contributed by atoms with Crippen LogP contribution in [0.1, 0.15) is 49.7 Å². The first-order valence-electron chi connectivity index (χ1n) is 8.18. The van der Waals surface area contributed by atoms with Crippen LogP contribution < -0.4 is 0 Å². The molecular weight excluding hydrogens is 264 g/mol. The third-order valence-electron chi connectivity index (χ3n) is 6.68. The number of phenolic OH excluding ortho intramolecular Hbond substituents is 1. The van der Waals surface area contributed by atoms with Gasteiger partial charge in [-0.3, -0.25) is 0 Å². The number of aliphatic hydroxyl groups is 2. The second-order valence-corrected chi connectivity index (χ2v) is 7.59. The average molecular weight is 288 g/mol. The van der Waals surface area contributed by atoms with Crippen molar-refractivity contribution in [3.63, 3.8) is 0 Å². The van der Waals surface area contributed by atoms with Crippen LogP contribution in [0.2, 0.25) is 0 Å². The molecule has 0 bridgehead atoms. The van der Waals surface area contributed by atoms with E-state index in [1.807, 2.05) is 6.07 Å². The molecule has 0 aromatic heterocycles. The minimum Gasteiger partial charge on any atom is -0.508 e. The van der Waals surface area contributed by atoms with Crippen LogP contribution >= 0.6 is 0 Å². The Bertz CT molecular complexity index is 570. The Morgan fingerprint density at radius 1 is 1.19 bits per heavy atom. The van der Waals surface area contributed by atoms with Crippen molar-refractivity contribution in [3.05, 3.63) is 29.3 Å². The second-order valence-electron chi connectivity index (χ2n) is 7.59. The summed E-state index contributed by atoms with van der Waals surface area (Å²) in [6, 6.07) is 5.80. The van der Waals surface area contributed by atoms with Crippen molar-refractivity contribution in [3.8, 4) is 5.75 Å². The van der Waals surface area contributed by atoms with E-state index in [1.165, 1.54) is 11.1 Å². The number of hydrogen-bond donors (Lipinski definition) is 3. The minimum absolute atomic E-state index is 0.116. The zero-order chi connectivity index (χ0) is 14.8. The van der Waals surface area contributed by atoms with Gasteiger partial charge in [-0.1, -0.05) is 13.0 Å². The molecule has 3 aliphatic rings. The highest BCUT2D eigenvalue weighted by atomic mass is 16.3. The highest BCUT2D eigenvalue weighted by Crippen LogP contribution is 2.60. The summed E-state index contributed by atoms with van der Waals surface area (Å²) in [7, 11) is 0. The molecular formula is C18H24O3. The number of aliphatic hydroxyl groups excluding tert-OH is 2. The molecule has 1 aromatic rings. The van der Waals surface area contributed by atoms with Crippen LogP contribution in [-0.2, 0) is 6.42 Å².